The highest BCUT2D eigenvalue weighted by molar-refractivity contribution is 9.11. The SMILES string of the molecule is C[SiH2]CC1CCc2c(cc(Br)c(F)c2Br)N1C=O. The lowest BCUT2D eigenvalue weighted by Crippen LogP contribution is -2.39. The Morgan fingerprint density at radius 3 is 2.94 bits per heavy atom. The van der Waals surface area contributed by atoms with Crippen LogP contribution in [0, 0.1) is 5.82 Å². The highest BCUT2D eigenvalue weighted by Crippen LogP contribution is 2.40. The van der Waals surface area contributed by atoms with Crippen molar-refractivity contribution in [3.8, 4) is 0 Å². The monoisotopic (exact) mass is 393 g/mol. The van der Waals surface area contributed by atoms with Crippen LogP contribution in [0.15, 0.2) is 15.0 Å². The summed E-state index contributed by atoms with van der Waals surface area (Å²) in [5.41, 5.74) is 1.74. The molecule has 2 nitrogen and oxygen atoms in total. The number of benzene rings is 1. The number of rotatable bonds is 3. The normalized spacial score (nSPS) is 19.3. The number of nitrogens with zero attached hydrogens (tertiary/aromatic N) is 1. The predicted octanol–water partition coefficient (Wildman–Crippen LogP) is 3.26. The molecule has 1 atom stereocenters. The van der Waals surface area contributed by atoms with E-state index in [1.54, 1.807) is 11.0 Å². The maximum absolute atomic E-state index is 13.8. The lowest BCUT2D eigenvalue weighted by Gasteiger charge is -2.35. The summed E-state index contributed by atoms with van der Waals surface area (Å²) in [6.45, 7) is 2.25. The van der Waals surface area contributed by atoms with Crippen LogP contribution in [0.2, 0.25) is 12.6 Å². The minimum atomic E-state index is -0.289. The molecular weight excluding hydrogens is 381 g/mol. The van der Waals surface area contributed by atoms with Crippen LogP contribution in [0.25, 0.3) is 0 Å². The Labute approximate surface area is 125 Å². The first-order valence-corrected chi connectivity index (χ1v) is 10.00. The summed E-state index contributed by atoms with van der Waals surface area (Å²) >= 11 is 6.50. The van der Waals surface area contributed by atoms with Crippen molar-refractivity contribution < 1.29 is 9.18 Å². The van der Waals surface area contributed by atoms with Gasteiger partial charge in [0.15, 0.2) is 5.82 Å². The molecule has 1 aliphatic heterocycles. The minimum absolute atomic E-state index is 0.0975. The van der Waals surface area contributed by atoms with Gasteiger partial charge in [-0.05, 0) is 62.4 Å². The molecule has 0 bridgehead atoms. The molecule has 0 N–H and O–H groups in total. The van der Waals surface area contributed by atoms with Gasteiger partial charge in [0.2, 0.25) is 6.41 Å². The summed E-state index contributed by atoms with van der Waals surface area (Å²) in [4.78, 5) is 13.1. The van der Waals surface area contributed by atoms with Crippen LogP contribution in [-0.2, 0) is 11.2 Å². The second-order valence-corrected chi connectivity index (χ2v) is 7.70. The van der Waals surface area contributed by atoms with Gasteiger partial charge >= 0.3 is 0 Å². The molecule has 0 saturated heterocycles. The molecule has 98 valence electrons. The van der Waals surface area contributed by atoms with Crippen molar-refractivity contribution in [2.24, 2.45) is 0 Å². The second kappa shape index (κ2) is 5.84. The quantitative estimate of drug-likeness (QED) is 0.437. The van der Waals surface area contributed by atoms with E-state index in [0.717, 1.165) is 36.5 Å². The molecule has 1 unspecified atom stereocenters. The van der Waals surface area contributed by atoms with E-state index in [4.69, 9.17) is 0 Å². The molecule has 0 fully saturated rings. The van der Waals surface area contributed by atoms with Gasteiger partial charge in [0.05, 0.1) is 8.95 Å². The van der Waals surface area contributed by atoms with Gasteiger partial charge in [0.25, 0.3) is 0 Å². The Bertz CT molecular complexity index is 484. The summed E-state index contributed by atoms with van der Waals surface area (Å²) in [5, 5.41) is 0. The van der Waals surface area contributed by atoms with Crippen molar-refractivity contribution in [2.75, 3.05) is 4.90 Å². The van der Waals surface area contributed by atoms with Gasteiger partial charge in [0, 0.05) is 21.2 Å². The van der Waals surface area contributed by atoms with Crippen molar-refractivity contribution in [2.45, 2.75) is 31.5 Å². The molecule has 0 spiro atoms. The molecule has 1 aromatic carbocycles. The van der Waals surface area contributed by atoms with Crippen LogP contribution < -0.4 is 4.90 Å². The molecule has 1 heterocycles. The van der Waals surface area contributed by atoms with Gasteiger partial charge in [-0.15, -0.1) is 0 Å². The molecule has 6 heteroatoms. The molecule has 0 radical (unpaired) electrons. The Kier molecular flexibility index (Phi) is 4.61. The van der Waals surface area contributed by atoms with E-state index in [2.05, 4.69) is 38.4 Å². The van der Waals surface area contributed by atoms with Crippen molar-refractivity contribution in [3.63, 3.8) is 0 Å². The van der Waals surface area contributed by atoms with Gasteiger partial charge < -0.3 is 4.90 Å². The molecule has 1 aliphatic rings. The van der Waals surface area contributed by atoms with Crippen molar-refractivity contribution in [1.82, 2.24) is 0 Å². The highest BCUT2D eigenvalue weighted by atomic mass is 79.9. The number of halogens is 3. The van der Waals surface area contributed by atoms with Crippen LogP contribution in [0.4, 0.5) is 10.1 Å². The summed E-state index contributed by atoms with van der Waals surface area (Å²) in [7, 11) is -0.0975. The molecule has 1 amide bonds. The fourth-order valence-electron chi connectivity index (χ4n) is 2.49. The van der Waals surface area contributed by atoms with E-state index < -0.39 is 0 Å². The maximum Gasteiger partial charge on any atom is 0.214 e. The van der Waals surface area contributed by atoms with Crippen LogP contribution in [0.5, 0.6) is 0 Å². The summed E-state index contributed by atoms with van der Waals surface area (Å²) in [5.74, 6) is -0.289. The Morgan fingerprint density at radius 2 is 2.33 bits per heavy atom. The highest BCUT2D eigenvalue weighted by Gasteiger charge is 2.28. The maximum atomic E-state index is 13.8. The Hall–Kier alpha value is -0.203. The minimum Gasteiger partial charge on any atom is -0.312 e. The van der Waals surface area contributed by atoms with Crippen LogP contribution in [0.3, 0.4) is 0 Å². The van der Waals surface area contributed by atoms with Gasteiger partial charge in [-0.1, -0.05) is 6.55 Å². The number of hydrogen-bond acceptors (Lipinski definition) is 1. The number of hydrogen-bond donors (Lipinski definition) is 0. The zero-order chi connectivity index (χ0) is 13.3. The standard InChI is InChI=1S/C12H14Br2FNOSi/c1-18-5-7-2-3-8-10(16(7)6-17)4-9(13)12(15)11(8)14/h4,6-7H,2-3,5,18H2,1H3. The first-order chi connectivity index (χ1) is 8.60. The van der Waals surface area contributed by atoms with E-state index in [-0.39, 0.29) is 21.4 Å². The number of anilines is 1. The third-order valence-electron chi connectivity index (χ3n) is 3.37. The zero-order valence-corrected chi connectivity index (χ0v) is 14.6. The molecule has 0 aromatic heterocycles. The average molecular weight is 395 g/mol. The number of carbonyl (C=O) groups is 1. The largest absolute Gasteiger partial charge is 0.312 e. The van der Waals surface area contributed by atoms with E-state index >= 15 is 0 Å². The second-order valence-electron chi connectivity index (χ2n) is 4.48. The van der Waals surface area contributed by atoms with Crippen molar-refractivity contribution in [3.05, 3.63) is 26.4 Å². The third-order valence-corrected chi connectivity index (χ3v) is 6.02. The Balaban J connectivity index is 2.49. The van der Waals surface area contributed by atoms with Crippen LogP contribution >= 0.6 is 31.9 Å². The lowest BCUT2D eigenvalue weighted by atomic mass is 9.97. The Morgan fingerprint density at radius 1 is 1.61 bits per heavy atom. The van der Waals surface area contributed by atoms with Crippen molar-refractivity contribution >= 4 is 53.5 Å². The zero-order valence-electron chi connectivity index (χ0n) is 10.0. The molecule has 1 aromatic rings. The van der Waals surface area contributed by atoms with Gasteiger partial charge in [-0.2, -0.15) is 0 Å². The van der Waals surface area contributed by atoms with Crippen LogP contribution in [-0.4, -0.2) is 22.0 Å². The molecule has 2 rings (SSSR count). The lowest BCUT2D eigenvalue weighted by molar-refractivity contribution is -0.107. The molecule has 18 heavy (non-hydrogen) atoms. The van der Waals surface area contributed by atoms with Crippen molar-refractivity contribution in [1.29, 1.82) is 0 Å². The van der Waals surface area contributed by atoms with Gasteiger partial charge in [-0.25, -0.2) is 4.39 Å². The first-order valence-electron chi connectivity index (χ1n) is 6.00. The first kappa shape index (κ1) is 14.2. The fraction of sp³-hybridized carbons (Fsp3) is 0.417. The average Bonchev–Trinajstić information content (AvgIpc) is 2.36. The molecular formula is C12H14Br2FNOSi. The van der Waals surface area contributed by atoms with E-state index in [1.165, 1.54) is 0 Å². The smallest absolute Gasteiger partial charge is 0.214 e. The van der Waals surface area contributed by atoms with E-state index in [9.17, 15) is 9.18 Å². The number of amides is 1. The van der Waals surface area contributed by atoms with Gasteiger partial charge in [-0.3, -0.25) is 4.79 Å². The molecule has 0 aliphatic carbocycles. The van der Waals surface area contributed by atoms with Crippen LogP contribution in [0.1, 0.15) is 12.0 Å². The van der Waals surface area contributed by atoms with E-state index in [0.29, 0.717) is 8.95 Å². The number of fused-ring (bicyclic) bond motifs is 1. The predicted molar refractivity (Wildman–Crippen MR) is 81.7 cm³/mol. The van der Waals surface area contributed by atoms with E-state index in [1.807, 2.05) is 0 Å². The number of carbonyl (C=O) groups excluding carboxylic acids is 1. The fourth-order valence-corrected chi connectivity index (χ4v) is 5.02. The summed E-state index contributed by atoms with van der Waals surface area (Å²) < 4.78 is 14.7. The third kappa shape index (κ3) is 2.42. The summed E-state index contributed by atoms with van der Waals surface area (Å²) in [6, 6.07) is 3.12. The van der Waals surface area contributed by atoms with Gasteiger partial charge in [0.1, 0.15) is 0 Å². The molecule has 0 saturated carbocycles. The topological polar surface area (TPSA) is 20.3 Å². The summed E-state index contributed by atoms with van der Waals surface area (Å²) in [6.07, 6.45) is 2.62.